The maximum atomic E-state index is 11.5. The van der Waals surface area contributed by atoms with Crippen molar-refractivity contribution >= 4 is 50.8 Å². The molecule has 6 nitrogen and oxygen atoms in total. The van der Waals surface area contributed by atoms with Gasteiger partial charge in [0.15, 0.2) is 0 Å². The van der Waals surface area contributed by atoms with Crippen molar-refractivity contribution in [3.05, 3.63) is 46.2 Å². The Balaban J connectivity index is 2.94. The summed E-state index contributed by atoms with van der Waals surface area (Å²) in [4.78, 5) is 46.1. The Labute approximate surface area is 106 Å². The van der Waals surface area contributed by atoms with Crippen LogP contribution in [0.4, 0.5) is 0 Å². The van der Waals surface area contributed by atoms with Gasteiger partial charge in [-0.15, -0.1) is 0 Å². The lowest BCUT2D eigenvalue weighted by Gasteiger charge is -1.97. The SMILES string of the molecule is Bc1c2c(=O)oc(=O)c2c(Br)c2c(=O)oc(=O)c12. The number of hydrogen-bond donors (Lipinski definition) is 0. The van der Waals surface area contributed by atoms with Crippen LogP contribution in [0.5, 0.6) is 0 Å². The minimum atomic E-state index is -0.847. The molecule has 8 heteroatoms. The van der Waals surface area contributed by atoms with E-state index in [9.17, 15) is 19.2 Å². The monoisotopic (exact) mass is 308 g/mol. The molecule has 0 aliphatic heterocycles. The summed E-state index contributed by atoms with van der Waals surface area (Å²) in [5.74, 6) is 0. The highest BCUT2D eigenvalue weighted by atomic mass is 79.9. The zero-order valence-electron chi connectivity index (χ0n) is 8.83. The van der Waals surface area contributed by atoms with E-state index >= 15 is 0 Å². The zero-order valence-corrected chi connectivity index (χ0v) is 10.4. The Morgan fingerprint density at radius 2 is 1.06 bits per heavy atom. The van der Waals surface area contributed by atoms with Gasteiger partial charge in [-0.05, 0) is 15.9 Å². The summed E-state index contributed by atoms with van der Waals surface area (Å²) in [6.07, 6.45) is 0. The number of fused-ring (bicyclic) bond motifs is 2. The molecule has 0 aliphatic rings. The van der Waals surface area contributed by atoms with E-state index in [1.165, 1.54) is 7.85 Å². The van der Waals surface area contributed by atoms with Crippen LogP contribution in [0.1, 0.15) is 0 Å². The van der Waals surface area contributed by atoms with Crippen LogP contribution in [0, 0.1) is 0 Å². The van der Waals surface area contributed by atoms with Gasteiger partial charge >= 0.3 is 22.5 Å². The van der Waals surface area contributed by atoms with E-state index in [0.29, 0.717) is 0 Å². The highest BCUT2D eigenvalue weighted by Crippen LogP contribution is 2.24. The molecule has 1 aromatic carbocycles. The molecule has 0 saturated heterocycles. The fraction of sp³-hybridized carbons (Fsp3) is 0. The molecule has 0 unspecified atom stereocenters. The van der Waals surface area contributed by atoms with Crippen molar-refractivity contribution in [1.82, 2.24) is 0 Å². The number of furan rings is 2. The second-order valence-corrected chi connectivity index (χ2v) is 4.59. The van der Waals surface area contributed by atoms with Gasteiger partial charge in [0.05, 0.1) is 21.5 Å². The molecular formula is C10H2BBrO6. The van der Waals surface area contributed by atoms with Crippen LogP contribution in [-0.4, -0.2) is 7.85 Å². The number of benzene rings is 1. The largest absolute Gasteiger partial charge is 0.386 e. The molecule has 0 aliphatic carbocycles. The first-order chi connectivity index (χ1) is 8.43. The number of halogens is 1. The molecule has 3 aromatic rings. The van der Waals surface area contributed by atoms with Crippen LogP contribution in [0.3, 0.4) is 0 Å². The van der Waals surface area contributed by atoms with Crippen molar-refractivity contribution < 1.29 is 8.83 Å². The molecule has 0 spiro atoms. The van der Waals surface area contributed by atoms with Crippen LogP contribution in [0.15, 0.2) is 32.5 Å². The summed E-state index contributed by atoms with van der Waals surface area (Å²) < 4.78 is 9.00. The van der Waals surface area contributed by atoms with Gasteiger partial charge in [0.2, 0.25) is 0 Å². The third kappa shape index (κ3) is 1.13. The fourth-order valence-corrected chi connectivity index (χ4v) is 2.83. The van der Waals surface area contributed by atoms with Gasteiger partial charge < -0.3 is 8.83 Å². The molecule has 3 rings (SSSR count). The maximum Gasteiger partial charge on any atom is 0.348 e. The van der Waals surface area contributed by atoms with Gasteiger partial charge in [-0.25, -0.2) is 19.2 Å². The van der Waals surface area contributed by atoms with E-state index in [2.05, 4.69) is 24.8 Å². The van der Waals surface area contributed by atoms with Gasteiger partial charge in [0.25, 0.3) is 0 Å². The predicted octanol–water partition coefficient (Wildman–Crippen LogP) is -1.48. The summed E-state index contributed by atoms with van der Waals surface area (Å²) >= 11 is 3.05. The van der Waals surface area contributed by atoms with E-state index in [1.54, 1.807) is 0 Å². The molecule has 0 atom stereocenters. The van der Waals surface area contributed by atoms with Crippen molar-refractivity contribution in [3.8, 4) is 0 Å². The van der Waals surface area contributed by atoms with Crippen molar-refractivity contribution in [2.24, 2.45) is 0 Å². The van der Waals surface area contributed by atoms with Crippen molar-refractivity contribution in [2.45, 2.75) is 0 Å². The normalized spacial score (nSPS) is 11.6. The Morgan fingerprint density at radius 1 is 0.722 bits per heavy atom. The summed E-state index contributed by atoms with van der Waals surface area (Å²) in [7, 11) is 1.46. The fourth-order valence-electron chi connectivity index (χ4n) is 2.11. The van der Waals surface area contributed by atoms with E-state index in [0.717, 1.165) is 0 Å². The first-order valence-corrected chi connectivity index (χ1v) is 5.61. The quantitative estimate of drug-likeness (QED) is 0.470. The molecule has 0 amide bonds. The van der Waals surface area contributed by atoms with Crippen LogP contribution < -0.4 is 28.0 Å². The number of rotatable bonds is 0. The average Bonchev–Trinajstić information content (AvgIpc) is 2.73. The smallest absolute Gasteiger partial charge is 0.348 e. The summed E-state index contributed by atoms with van der Waals surface area (Å²) in [6.45, 7) is 0. The van der Waals surface area contributed by atoms with Gasteiger partial charge in [0.1, 0.15) is 7.85 Å². The molecule has 0 saturated carbocycles. The lowest BCUT2D eigenvalue weighted by Crippen LogP contribution is -2.16. The molecular weight excluding hydrogens is 307 g/mol. The molecule has 0 bridgehead atoms. The van der Waals surface area contributed by atoms with E-state index in [1.807, 2.05) is 0 Å². The Kier molecular flexibility index (Phi) is 2.04. The molecule has 0 fully saturated rings. The maximum absolute atomic E-state index is 11.5. The van der Waals surface area contributed by atoms with Crippen LogP contribution >= 0.6 is 15.9 Å². The van der Waals surface area contributed by atoms with Crippen molar-refractivity contribution in [2.75, 3.05) is 0 Å². The number of hydrogen-bond acceptors (Lipinski definition) is 6. The van der Waals surface area contributed by atoms with Gasteiger partial charge in [-0.1, -0.05) is 5.46 Å². The minimum Gasteiger partial charge on any atom is -0.386 e. The summed E-state index contributed by atoms with van der Waals surface area (Å²) in [5.41, 5.74) is -3.14. The first-order valence-electron chi connectivity index (χ1n) is 4.82. The second-order valence-electron chi connectivity index (χ2n) is 3.79. The van der Waals surface area contributed by atoms with Crippen LogP contribution in [-0.2, 0) is 0 Å². The highest BCUT2D eigenvalue weighted by molar-refractivity contribution is 9.10. The molecule has 18 heavy (non-hydrogen) atoms. The van der Waals surface area contributed by atoms with E-state index in [-0.39, 0.29) is 31.5 Å². The molecule has 88 valence electrons. The Morgan fingerprint density at radius 3 is 1.44 bits per heavy atom. The van der Waals surface area contributed by atoms with E-state index < -0.39 is 22.5 Å². The van der Waals surface area contributed by atoms with Gasteiger partial charge in [-0.2, -0.15) is 0 Å². The average molecular weight is 309 g/mol. The second kappa shape index (κ2) is 3.29. The van der Waals surface area contributed by atoms with Gasteiger partial charge in [-0.3, -0.25) is 0 Å². The molecule has 0 N–H and O–H groups in total. The third-order valence-corrected chi connectivity index (χ3v) is 3.67. The lowest BCUT2D eigenvalue weighted by atomic mass is 9.88. The standard InChI is InChI=1S/C10H2BBrO6/c11-5-1-3(9(15)17-7(1)13)6(12)4-2(5)8(14)18-10(4)16/h11H2. The van der Waals surface area contributed by atoms with Crippen LogP contribution in [0.25, 0.3) is 21.5 Å². The summed E-state index contributed by atoms with van der Waals surface area (Å²) in [6, 6.07) is 0. The molecule has 2 aromatic heterocycles. The lowest BCUT2D eigenvalue weighted by molar-refractivity contribution is 0.498. The summed E-state index contributed by atoms with van der Waals surface area (Å²) in [5, 5.41) is -0.0830. The van der Waals surface area contributed by atoms with Crippen LogP contribution in [0.2, 0.25) is 0 Å². The zero-order chi connectivity index (χ0) is 13.2. The van der Waals surface area contributed by atoms with Gasteiger partial charge in [0, 0.05) is 4.47 Å². The molecule has 0 radical (unpaired) electrons. The third-order valence-electron chi connectivity index (χ3n) is 2.88. The predicted molar refractivity (Wildman–Crippen MR) is 69.3 cm³/mol. The molecule has 2 heterocycles. The topological polar surface area (TPSA) is 94.6 Å². The van der Waals surface area contributed by atoms with E-state index in [4.69, 9.17) is 0 Å². The minimum absolute atomic E-state index is 0.00252. The van der Waals surface area contributed by atoms with Crippen molar-refractivity contribution in [1.29, 1.82) is 0 Å². The highest BCUT2D eigenvalue weighted by Gasteiger charge is 2.23. The Hall–Kier alpha value is -1.96. The van der Waals surface area contributed by atoms with Crippen molar-refractivity contribution in [3.63, 3.8) is 0 Å². The first kappa shape index (κ1) is 11.2. The Bertz CT molecular complexity index is 859.